The highest BCUT2D eigenvalue weighted by Gasteiger charge is 2.28. The van der Waals surface area contributed by atoms with Gasteiger partial charge in [-0.05, 0) is 66.3 Å². The molecule has 2 N–H and O–H groups in total. The zero-order valence-corrected chi connectivity index (χ0v) is 27.8. The summed E-state index contributed by atoms with van der Waals surface area (Å²) in [4.78, 5) is 1.81. The van der Waals surface area contributed by atoms with Crippen LogP contribution in [0.1, 0.15) is 32.1 Å². The van der Waals surface area contributed by atoms with Crippen molar-refractivity contribution in [1.82, 2.24) is 4.57 Å². The van der Waals surface area contributed by atoms with Gasteiger partial charge in [0.15, 0.2) is 12.3 Å². The van der Waals surface area contributed by atoms with Crippen LogP contribution in [0.2, 0.25) is 5.02 Å². The van der Waals surface area contributed by atoms with Crippen LogP contribution in [0.15, 0.2) is 94.9 Å². The number of allylic oxidation sites excluding steroid dienone is 2. The second-order valence-electron chi connectivity index (χ2n) is 11.2. The average molecular weight is 699 g/mol. The first kappa shape index (κ1) is 32.8. The summed E-state index contributed by atoms with van der Waals surface area (Å²) >= 11 is 6.26. The average Bonchev–Trinajstić information content (AvgIpc) is 3.69. The van der Waals surface area contributed by atoms with E-state index in [2.05, 4.69) is 4.57 Å². The molecule has 1 aliphatic heterocycles. The number of para-hydroxylation sites is 1. The number of aromatic nitrogens is 2. The third kappa shape index (κ3) is 7.55. The number of rotatable bonds is 12. The Morgan fingerprint density at radius 3 is 2.49 bits per heavy atom. The second-order valence-corrected chi connectivity index (χ2v) is 14.8. The van der Waals surface area contributed by atoms with Crippen molar-refractivity contribution in [3.63, 3.8) is 0 Å². The molecule has 0 aliphatic carbocycles. The molecule has 0 fully saturated rings. The minimum atomic E-state index is -4.17. The molecule has 47 heavy (non-hydrogen) atoms. The van der Waals surface area contributed by atoms with Gasteiger partial charge in [0.25, 0.3) is 25.8 Å². The number of benzene rings is 3. The van der Waals surface area contributed by atoms with E-state index in [0.29, 0.717) is 40.2 Å². The van der Waals surface area contributed by atoms with Gasteiger partial charge in [0, 0.05) is 36.3 Å². The van der Waals surface area contributed by atoms with E-state index in [9.17, 15) is 25.9 Å². The Balaban J connectivity index is 1.40. The maximum Gasteiger partial charge on any atom is 0.374 e. The molecule has 0 unspecified atom stereocenters. The normalized spacial score (nSPS) is 14.8. The first-order valence-corrected chi connectivity index (χ1v) is 18.6. The van der Waals surface area contributed by atoms with Crippen LogP contribution in [-0.2, 0) is 26.8 Å². The van der Waals surface area contributed by atoms with E-state index < -0.39 is 31.7 Å². The molecule has 14 heteroatoms. The number of aryl methyl sites for hydroxylation is 1. The van der Waals surface area contributed by atoms with Crippen molar-refractivity contribution in [2.24, 2.45) is 0 Å². The molecule has 11 nitrogen and oxygen atoms in total. The fourth-order valence-corrected chi connectivity index (χ4v) is 6.83. The van der Waals surface area contributed by atoms with Crippen LogP contribution in [0.5, 0.6) is 5.75 Å². The molecule has 0 radical (unpaired) electrons. The summed E-state index contributed by atoms with van der Waals surface area (Å²) in [6.07, 6.45) is 6.53. The highest BCUT2D eigenvalue weighted by Crippen LogP contribution is 2.41. The molecule has 5 aromatic rings. The van der Waals surface area contributed by atoms with E-state index in [4.69, 9.17) is 20.8 Å². The number of anilines is 1. The third-order valence-corrected chi connectivity index (χ3v) is 9.72. The SMILES string of the molecule is CCC(/C=C1\Oc2ccc(Cl)cc2N1CCCS(=O)(=O)O)=C\c1oc2ccc(-n3ccc4ccccc43)cc2[n+]1CCCS(=O)(=O)O. The molecule has 0 spiro atoms. The molecular weight excluding hydrogens is 666 g/mol. The highest BCUT2D eigenvalue weighted by atomic mass is 35.5. The van der Waals surface area contributed by atoms with Crippen molar-refractivity contribution in [3.8, 4) is 11.4 Å². The Morgan fingerprint density at radius 2 is 1.72 bits per heavy atom. The van der Waals surface area contributed by atoms with Gasteiger partial charge in [-0.15, -0.1) is 0 Å². The van der Waals surface area contributed by atoms with E-state index in [-0.39, 0.29) is 25.9 Å². The van der Waals surface area contributed by atoms with Crippen molar-refractivity contribution in [2.45, 2.75) is 32.7 Å². The van der Waals surface area contributed by atoms with Crippen LogP contribution in [0.25, 0.3) is 33.8 Å². The lowest BCUT2D eigenvalue weighted by atomic mass is 10.1. The lowest BCUT2D eigenvalue weighted by Gasteiger charge is -2.18. The quantitative estimate of drug-likeness (QED) is 0.112. The third-order valence-electron chi connectivity index (χ3n) is 7.88. The van der Waals surface area contributed by atoms with Gasteiger partial charge in [0.1, 0.15) is 0 Å². The molecular formula is C33H33ClN3O8S2+. The van der Waals surface area contributed by atoms with Gasteiger partial charge in [0.05, 0.1) is 34.5 Å². The second kappa shape index (κ2) is 13.2. The van der Waals surface area contributed by atoms with Gasteiger partial charge in [-0.25, -0.2) is 0 Å². The Hall–Kier alpha value is -4.14. The summed E-state index contributed by atoms with van der Waals surface area (Å²) in [6.45, 7) is 2.46. The Kier molecular flexibility index (Phi) is 9.18. The first-order valence-electron chi connectivity index (χ1n) is 15.0. The minimum Gasteiger partial charge on any atom is -0.439 e. The Morgan fingerprint density at radius 1 is 0.957 bits per heavy atom. The zero-order valence-electron chi connectivity index (χ0n) is 25.4. The molecule has 0 saturated carbocycles. The summed E-state index contributed by atoms with van der Waals surface area (Å²) < 4.78 is 81.0. The topological polar surface area (TPSA) is 143 Å². The van der Waals surface area contributed by atoms with Crippen molar-refractivity contribution in [2.75, 3.05) is 23.0 Å². The predicted molar refractivity (Wildman–Crippen MR) is 181 cm³/mol. The molecule has 1 aliphatic rings. The van der Waals surface area contributed by atoms with Gasteiger partial charge >= 0.3 is 5.89 Å². The molecule has 0 saturated heterocycles. The van der Waals surface area contributed by atoms with Crippen LogP contribution < -0.4 is 14.2 Å². The molecule has 0 atom stereocenters. The minimum absolute atomic E-state index is 0.146. The molecule has 6 rings (SSSR count). The number of ether oxygens (including phenoxy) is 1. The van der Waals surface area contributed by atoms with E-state index in [1.807, 2.05) is 83.3 Å². The largest absolute Gasteiger partial charge is 0.439 e. The number of hydrogen-bond acceptors (Lipinski definition) is 7. The standard InChI is InChI=1S/C33H32ClN3O8S2/c1-2-23(19-32-36(14-5-17-46(38,39)40)28-21-25(34)9-11-30(28)44-32)20-33-37(15-6-18-47(41,42)43)29-22-26(10-12-31(29)45-33)35-16-13-24-7-3-4-8-27(24)35/h3-4,7-13,16,19-22H,2,5-6,14-15,17-18H2,1H3,(H-,38,39,40,41,42,43)/p+1. The van der Waals surface area contributed by atoms with Crippen LogP contribution in [0.3, 0.4) is 0 Å². The summed E-state index contributed by atoms with van der Waals surface area (Å²) in [5.41, 5.74) is 4.75. The lowest BCUT2D eigenvalue weighted by molar-refractivity contribution is -0.677. The fraction of sp³-hybridized carbons (Fsp3) is 0.242. The monoisotopic (exact) mass is 698 g/mol. The summed E-state index contributed by atoms with van der Waals surface area (Å²) in [6, 6.07) is 21.0. The highest BCUT2D eigenvalue weighted by molar-refractivity contribution is 7.86. The maximum absolute atomic E-state index is 11.6. The van der Waals surface area contributed by atoms with E-state index in [1.165, 1.54) is 0 Å². The van der Waals surface area contributed by atoms with Crippen molar-refractivity contribution < 1.29 is 39.7 Å². The van der Waals surface area contributed by atoms with E-state index >= 15 is 0 Å². The fourth-order valence-electron chi connectivity index (χ4n) is 5.67. The maximum atomic E-state index is 11.6. The zero-order chi connectivity index (χ0) is 33.3. The van der Waals surface area contributed by atoms with Crippen LogP contribution >= 0.6 is 11.6 Å². The smallest absolute Gasteiger partial charge is 0.374 e. The Bertz CT molecular complexity index is 2260. The lowest BCUT2D eigenvalue weighted by Crippen LogP contribution is -2.36. The number of nitrogens with zero attached hydrogens (tertiary/aromatic N) is 3. The number of halogens is 1. The van der Waals surface area contributed by atoms with Gasteiger partial charge in [-0.3, -0.25) is 9.11 Å². The number of hydrogen-bond donors (Lipinski definition) is 2. The molecule has 0 bridgehead atoms. The number of oxazole rings is 1. The van der Waals surface area contributed by atoms with Crippen molar-refractivity contribution >= 4 is 65.6 Å². The van der Waals surface area contributed by atoms with E-state index in [1.54, 1.807) is 18.2 Å². The molecule has 246 valence electrons. The van der Waals surface area contributed by atoms with E-state index in [0.717, 1.165) is 27.7 Å². The summed E-state index contributed by atoms with van der Waals surface area (Å²) in [5.74, 6) is 0.649. The van der Waals surface area contributed by atoms with Crippen LogP contribution in [-0.4, -0.2) is 48.6 Å². The molecule has 0 amide bonds. The van der Waals surface area contributed by atoms with Crippen molar-refractivity contribution in [1.29, 1.82) is 0 Å². The number of fused-ring (bicyclic) bond motifs is 3. The van der Waals surface area contributed by atoms with Gasteiger partial charge in [-0.2, -0.15) is 21.4 Å². The Labute approximate surface area is 277 Å². The summed E-state index contributed by atoms with van der Waals surface area (Å²) in [7, 11) is -8.31. The van der Waals surface area contributed by atoms with Gasteiger partial charge in [-0.1, -0.05) is 36.7 Å². The van der Waals surface area contributed by atoms with Crippen molar-refractivity contribution in [3.05, 3.63) is 101 Å². The van der Waals surface area contributed by atoms with Crippen LogP contribution in [0.4, 0.5) is 5.69 Å². The first-order chi connectivity index (χ1) is 22.4. The summed E-state index contributed by atoms with van der Waals surface area (Å²) in [5, 5.41) is 1.58. The van der Waals surface area contributed by atoms with Crippen LogP contribution in [0, 0.1) is 0 Å². The molecule has 3 heterocycles. The van der Waals surface area contributed by atoms with Gasteiger partial charge in [0.2, 0.25) is 11.5 Å². The molecule has 2 aromatic heterocycles. The predicted octanol–water partition coefficient (Wildman–Crippen LogP) is 6.41. The molecule has 3 aromatic carbocycles. The van der Waals surface area contributed by atoms with Gasteiger partial charge < -0.3 is 18.6 Å².